The van der Waals surface area contributed by atoms with Crippen LogP contribution in [0.3, 0.4) is 0 Å². The Kier molecular flexibility index (Phi) is 6.74. The van der Waals surface area contributed by atoms with E-state index in [1.807, 2.05) is 60.7 Å². The summed E-state index contributed by atoms with van der Waals surface area (Å²) in [5, 5.41) is 2.96. The van der Waals surface area contributed by atoms with Crippen molar-refractivity contribution in [1.82, 2.24) is 5.32 Å². The lowest BCUT2D eigenvalue weighted by atomic mass is 9.98. The van der Waals surface area contributed by atoms with Crippen LogP contribution in [0.25, 0.3) is 0 Å². The maximum Gasteiger partial charge on any atom is 0.311 e. The molecule has 1 atom stereocenters. The molecule has 0 bridgehead atoms. The molecule has 1 amide bonds. The molecule has 0 fully saturated rings. The van der Waals surface area contributed by atoms with Crippen LogP contribution in [0, 0.1) is 5.82 Å². The number of benzene rings is 3. The summed E-state index contributed by atoms with van der Waals surface area (Å²) in [7, 11) is 0. The van der Waals surface area contributed by atoms with Gasteiger partial charge in [-0.2, -0.15) is 0 Å². The fraction of sp³-hybridized carbons (Fsp3) is 0.167. The van der Waals surface area contributed by atoms with Gasteiger partial charge in [0.25, 0.3) is 5.91 Å². The van der Waals surface area contributed by atoms with Crippen molar-refractivity contribution in [2.45, 2.75) is 25.5 Å². The van der Waals surface area contributed by atoms with Gasteiger partial charge >= 0.3 is 5.97 Å². The smallest absolute Gasteiger partial charge is 0.311 e. The number of rotatable bonds is 7. The van der Waals surface area contributed by atoms with Crippen LogP contribution in [-0.4, -0.2) is 18.0 Å². The maximum atomic E-state index is 13.0. The van der Waals surface area contributed by atoms with E-state index in [0.29, 0.717) is 5.56 Å². The normalized spacial score (nSPS) is 11.7. The zero-order valence-corrected chi connectivity index (χ0v) is 16.0. The molecule has 0 aromatic heterocycles. The monoisotopic (exact) mass is 391 g/mol. The molecule has 0 aliphatic carbocycles. The molecule has 0 saturated carbocycles. The van der Waals surface area contributed by atoms with E-state index in [0.717, 1.165) is 11.1 Å². The van der Waals surface area contributed by atoms with E-state index in [4.69, 9.17) is 4.74 Å². The average Bonchev–Trinajstić information content (AvgIpc) is 2.74. The third kappa shape index (κ3) is 5.75. The molecule has 1 N–H and O–H groups in total. The molecule has 0 radical (unpaired) electrons. The molecule has 148 valence electrons. The first-order valence-corrected chi connectivity index (χ1v) is 9.37. The van der Waals surface area contributed by atoms with E-state index in [2.05, 4.69) is 5.32 Å². The summed E-state index contributed by atoms with van der Waals surface area (Å²) < 4.78 is 18.2. The van der Waals surface area contributed by atoms with Crippen molar-refractivity contribution >= 4 is 11.9 Å². The number of hydrogen-bond acceptors (Lipinski definition) is 3. The van der Waals surface area contributed by atoms with Crippen LogP contribution >= 0.6 is 0 Å². The van der Waals surface area contributed by atoms with E-state index in [1.165, 1.54) is 31.2 Å². The number of ether oxygens (including phenoxy) is 1. The van der Waals surface area contributed by atoms with E-state index < -0.39 is 18.0 Å². The SMILES string of the molecule is C[C@H](OC(=O)Cc1ccc(F)cc1)C(=O)NC(c1ccccc1)c1ccccc1. The molecule has 4 nitrogen and oxygen atoms in total. The molecule has 0 heterocycles. The molecule has 0 aliphatic heterocycles. The van der Waals surface area contributed by atoms with E-state index >= 15 is 0 Å². The molecular weight excluding hydrogens is 369 g/mol. The Morgan fingerprint density at radius 3 is 1.90 bits per heavy atom. The van der Waals surface area contributed by atoms with Crippen LogP contribution in [0.15, 0.2) is 84.9 Å². The number of carbonyl (C=O) groups is 2. The van der Waals surface area contributed by atoms with Gasteiger partial charge in [-0.25, -0.2) is 4.39 Å². The molecule has 0 saturated heterocycles. The first-order chi connectivity index (χ1) is 14.0. The highest BCUT2D eigenvalue weighted by Gasteiger charge is 2.23. The number of halogens is 1. The Morgan fingerprint density at radius 2 is 1.38 bits per heavy atom. The largest absolute Gasteiger partial charge is 0.452 e. The van der Waals surface area contributed by atoms with Gasteiger partial charge in [-0.1, -0.05) is 72.8 Å². The van der Waals surface area contributed by atoms with E-state index in [-0.39, 0.29) is 18.3 Å². The second-order valence-corrected chi connectivity index (χ2v) is 6.70. The van der Waals surface area contributed by atoms with Crippen molar-refractivity contribution < 1.29 is 18.7 Å². The van der Waals surface area contributed by atoms with Gasteiger partial charge < -0.3 is 10.1 Å². The Balaban J connectivity index is 1.65. The third-order valence-electron chi connectivity index (χ3n) is 4.49. The Labute approximate surface area is 169 Å². The Morgan fingerprint density at radius 1 is 0.862 bits per heavy atom. The predicted molar refractivity (Wildman–Crippen MR) is 109 cm³/mol. The summed E-state index contributed by atoms with van der Waals surface area (Å²) in [4.78, 5) is 24.8. The molecule has 3 aromatic rings. The fourth-order valence-corrected chi connectivity index (χ4v) is 2.97. The van der Waals surface area contributed by atoms with Crippen LogP contribution in [0.2, 0.25) is 0 Å². The van der Waals surface area contributed by atoms with E-state index in [1.54, 1.807) is 0 Å². The topological polar surface area (TPSA) is 55.4 Å². The summed E-state index contributed by atoms with van der Waals surface area (Å²) in [6.45, 7) is 1.53. The highest BCUT2D eigenvalue weighted by molar-refractivity contribution is 5.84. The van der Waals surface area contributed by atoms with Crippen molar-refractivity contribution in [3.8, 4) is 0 Å². The lowest BCUT2D eigenvalue weighted by molar-refractivity contribution is -0.154. The molecular formula is C24H22FNO3. The Bertz CT molecular complexity index is 903. The van der Waals surface area contributed by atoms with Crippen molar-refractivity contribution in [3.63, 3.8) is 0 Å². The summed E-state index contributed by atoms with van der Waals surface area (Å²) in [5.74, 6) is -1.31. The van der Waals surface area contributed by atoms with Crippen LogP contribution in [0.1, 0.15) is 29.7 Å². The molecule has 3 aromatic carbocycles. The highest BCUT2D eigenvalue weighted by atomic mass is 19.1. The summed E-state index contributed by atoms with van der Waals surface area (Å²) in [6, 6.07) is 24.4. The van der Waals surface area contributed by atoms with Gasteiger partial charge in [0.1, 0.15) is 5.82 Å². The minimum absolute atomic E-state index is 0.0291. The summed E-state index contributed by atoms with van der Waals surface area (Å²) in [5.41, 5.74) is 2.48. The zero-order chi connectivity index (χ0) is 20.6. The lowest BCUT2D eigenvalue weighted by Crippen LogP contribution is -2.38. The molecule has 0 unspecified atom stereocenters. The number of nitrogens with one attached hydrogen (secondary N) is 1. The predicted octanol–water partition coefficient (Wildman–Crippen LogP) is 4.21. The molecule has 5 heteroatoms. The number of amides is 1. The Hall–Kier alpha value is -3.47. The first-order valence-electron chi connectivity index (χ1n) is 9.37. The van der Waals surface area contributed by atoms with Crippen LogP contribution in [-0.2, 0) is 20.7 Å². The van der Waals surface area contributed by atoms with Crippen molar-refractivity contribution in [2.24, 2.45) is 0 Å². The van der Waals surface area contributed by atoms with Gasteiger partial charge in [-0.05, 0) is 35.7 Å². The third-order valence-corrected chi connectivity index (χ3v) is 4.49. The van der Waals surface area contributed by atoms with Crippen molar-refractivity contribution in [2.75, 3.05) is 0 Å². The number of carbonyl (C=O) groups excluding carboxylic acids is 2. The van der Waals surface area contributed by atoms with Gasteiger partial charge in [0.2, 0.25) is 0 Å². The van der Waals surface area contributed by atoms with Crippen LogP contribution in [0.5, 0.6) is 0 Å². The van der Waals surface area contributed by atoms with Gasteiger partial charge in [-0.15, -0.1) is 0 Å². The van der Waals surface area contributed by atoms with Crippen molar-refractivity contribution in [1.29, 1.82) is 0 Å². The van der Waals surface area contributed by atoms with Gasteiger partial charge in [-0.3, -0.25) is 9.59 Å². The minimum atomic E-state index is -0.960. The molecule has 0 spiro atoms. The molecule has 3 rings (SSSR count). The quantitative estimate of drug-likeness (QED) is 0.614. The van der Waals surface area contributed by atoms with Crippen LogP contribution < -0.4 is 5.32 Å². The van der Waals surface area contributed by atoms with Gasteiger partial charge in [0.15, 0.2) is 6.10 Å². The average molecular weight is 391 g/mol. The van der Waals surface area contributed by atoms with Gasteiger partial charge in [0, 0.05) is 0 Å². The van der Waals surface area contributed by atoms with Crippen LogP contribution in [0.4, 0.5) is 4.39 Å². The zero-order valence-electron chi connectivity index (χ0n) is 16.0. The summed E-state index contributed by atoms with van der Waals surface area (Å²) in [6.07, 6.45) is -0.989. The maximum absolute atomic E-state index is 13.0. The second-order valence-electron chi connectivity index (χ2n) is 6.70. The fourth-order valence-electron chi connectivity index (χ4n) is 2.97. The molecule has 29 heavy (non-hydrogen) atoms. The lowest BCUT2D eigenvalue weighted by Gasteiger charge is -2.22. The minimum Gasteiger partial charge on any atom is -0.452 e. The first kappa shape index (κ1) is 20.3. The highest BCUT2D eigenvalue weighted by Crippen LogP contribution is 2.22. The number of hydrogen-bond donors (Lipinski definition) is 1. The standard InChI is InChI=1S/C24H22FNO3/c1-17(29-22(27)16-18-12-14-21(25)15-13-18)24(28)26-23(19-8-4-2-5-9-19)20-10-6-3-7-11-20/h2-15,17,23H,16H2,1H3,(H,26,28)/t17-/m0/s1. The summed E-state index contributed by atoms with van der Waals surface area (Å²) >= 11 is 0. The second kappa shape index (κ2) is 9.64. The van der Waals surface area contributed by atoms with E-state index in [9.17, 15) is 14.0 Å². The number of esters is 1. The van der Waals surface area contributed by atoms with Crippen molar-refractivity contribution in [3.05, 3.63) is 107 Å². The van der Waals surface area contributed by atoms with Gasteiger partial charge in [0.05, 0.1) is 12.5 Å². The molecule has 0 aliphatic rings.